The maximum Gasteiger partial charge on any atom is 0.137 e. The molecule has 4 heteroatoms. The lowest BCUT2D eigenvalue weighted by Crippen LogP contribution is -1.97. The number of methoxy groups -OCH3 is 2. The van der Waals surface area contributed by atoms with E-state index >= 15 is 0 Å². The van der Waals surface area contributed by atoms with Crippen LogP contribution in [0.4, 0.5) is 0 Å². The number of ether oxygens (including phenoxy) is 2. The number of halogens is 1. The quantitative estimate of drug-likeness (QED) is 0.857. The van der Waals surface area contributed by atoms with Crippen LogP contribution in [0, 0.1) is 0 Å². The maximum absolute atomic E-state index is 9.62. The third-order valence-electron chi connectivity index (χ3n) is 2.03. The molecular formula is C11H13BrO3. The van der Waals surface area contributed by atoms with Crippen LogP contribution in [0.25, 0.3) is 0 Å². The van der Waals surface area contributed by atoms with Crippen molar-refractivity contribution in [2.24, 2.45) is 0 Å². The van der Waals surface area contributed by atoms with E-state index in [9.17, 15) is 5.11 Å². The van der Waals surface area contributed by atoms with Gasteiger partial charge in [0.15, 0.2) is 0 Å². The Morgan fingerprint density at radius 2 is 1.80 bits per heavy atom. The number of hydrogen-bond donors (Lipinski definition) is 1. The molecule has 3 nitrogen and oxygen atoms in total. The van der Waals surface area contributed by atoms with Crippen LogP contribution in [0.1, 0.15) is 11.7 Å². The Morgan fingerprint density at radius 3 is 2.13 bits per heavy atom. The molecule has 0 aromatic heterocycles. The summed E-state index contributed by atoms with van der Waals surface area (Å²) in [6, 6.07) is 3.47. The van der Waals surface area contributed by atoms with Crippen molar-refractivity contribution in [3.63, 3.8) is 0 Å². The number of hydrogen-bond acceptors (Lipinski definition) is 3. The van der Waals surface area contributed by atoms with Crippen LogP contribution < -0.4 is 9.47 Å². The monoisotopic (exact) mass is 272 g/mol. The summed E-state index contributed by atoms with van der Waals surface area (Å²) in [5, 5.41) is 9.62. The van der Waals surface area contributed by atoms with Crippen LogP contribution in [0.15, 0.2) is 29.3 Å². The molecule has 1 rings (SSSR count). The van der Waals surface area contributed by atoms with Gasteiger partial charge in [0.25, 0.3) is 0 Å². The Bertz CT molecular complexity index is 338. The zero-order valence-electron chi connectivity index (χ0n) is 8.66. The van der Waals surface area contributed by atoms with Crippen molar-refractivity contribution in [2.75, 3.05) is 14.2 Å². The van der Waals surface area contributed by atoms with E-state index < -0.39 is 6.10 Å². The largest absolute Gasteiger partial charge is 0.495 e. The molecule has 1 aromatic carbocycles. The minimum atomic E-state index is -0.721. The standard InChI is InChI=1S/C11H13BrO3/c1-4-8(13)7-5-9(14-2)11(12)10(6-7)15-3/h4-6,8,13H,1H2,2-3H3. The van der Waals surface area contributed by atoms with Crippen molar-refractivity contribution in [3.05, 3.63) is 34.8 Å². The van der Waals surface area contributed by atoms with Crippen molar-refractivity contribution < 1.29 is 14.6 Å². The predicted molar refractivity (Wildman–Crippen MR) is 62.4 cm³/mol. The molecule has 0 aliphatic rings. The second-order valence-corrected chi connectivity index (χ2v) is 3.71. The van der Waals surface area contributed by atoms with Gasteiger partial charge in [-0.2, -0.15) is 0 Å². The van der Waals surface area contributed by atoms with E-state index in [4.69, 9.17) is 9.47 Å². The lowest BCUT2D eigenvalue weighted by atomic mass is 10.1. The van der Waals surface area contributed by atoms with Gasteiger partial charge in [0.2, 0.25) is 0 Å². The van der Waals surface area contributed by atoms with E-state index in [0.717, 1.165) is 4.47 Å². The minimum absolute atomic E-state index is 0.616. The fourth-order valence-electron chi connectivity index (χ4n) is 1.20. The predicted octanol–water partition coefficient (Wildman–Crippen LogP) is 2.69. The second-order valence-electron chi connectivity index (χ2n) is 2.92. The molecule has 0 spiro atoms. The molecule has 0 radical (unpaired) electrons. The molecule has 82 valence electrons. The van der Waals surface area contributed by atoms with Crippen LogP contribution in [0.3, 0.4) is 0 Å². The number of rotatable bonds is 4. The number of aliphatic hydroxyl groups is 1. The second kappa shape index (κ2) is 5.19. The zero-order valence-corrected chi connectivity index (χ0v) is 10.2. The molecular weight excluding hydrogens is 260 g/mol. The van der Waals surface area contributed by atoms with E-state index in [1.165, 1.54) is 6.08 Å². The topological polar surface area (TPSA) is 38.7 Å². The summed E-state index contributed by atoms with van der Waals surface area (Å²) in [6.45, 7) is 3.53. The van der Waals surface area contributed by atoms with Crippen molar-refractivity contribution in [2.45, 2.75) is 6.10 Å². The molecule has 0 saturated heterocycles. The molecule has 1 atom stereocenters. The van der Waals surface area contributed by atoms with Gasteiger partial charge in [0, 0.05) is 0 Å². The Kier molecular flexibility index (Phi) is 4.17. The van der Waals surface area contributed by atoms with Crippen LogP contribution in [0.5, 0.6) is 11.5 Å². The van der Waals surface area contributed by atoms with Gasteiger partial charge in [0.05, 0.1) is 20.3 Å². The third kappa shape index (κ3) is 2.52. The molecule has 1 aromatic rings. The van der Waals surface area contributed by atoms with E-state index in [2.05, 4.69) is 22.5 Å². The highest BCUT2D eigenvalue weighted by Gasteiger charge is 2.12. The summed E-state index contributed by atoms with van der Waals surface area (Å²) in [7, 11) is 3.12. The number of aliphatic hydroxyl groups excluding tert-OH is 1. The fraction of sp³-hybridized carbons (Fsp3) is 0.273. The smallest absolute Gasteiger partial charge is 0.137 e. The van der Waals surface area contributed by atoms with Gasteiger partial charge in [-0.3, -0.25) is 0 Å². The SMILES string of the molecule is C=CC(O)c1cc(OC)c(Br)c(OC)c1. The van der Waals surface area contributed by atoms with Gasteiger partial charge in [-0.15, -0.1) is 6.58 Å². The average Bonchev–Trinajstić information content (AvgIpc) is 2.28. The van der Waals surface area contributed by atoms with Gasteiger partial charge < -0.3 is 14.6 Å². The van der Waals surface area contributed by atoms with Crippen molar-refractivity contribution >= 4 is 15.9 Å². The Balaban J connectivity index is 3.26. The van der Waals surface area contributed by atoms with Gasteiger partial charge in [0.1, 0.15) is 16.0 Å². The average molecular weight is 273 g/mol. The van der Waals surface area contributed by atoms with Gasteiger partial charge in [-0.1, -0.05) is 6.08 Å². The lowest BCUT2D eigenvalue weighted by Gasteiger charge is -2.13. The highest BCUT2D eigenvalue weighted by Crippen LogP contribution is 2.37. The van der Waals surface area contributed by atoms with Crippen molar-refractivity contribution in [1.29, 1.82) is 0 Å². The molecule has 1 N–H and O–H groups in total. The van der Waals surface area contributed by atoms with E-state index in [1.807, 2.05) is 0 Å². The normalized spacial score (nSPS) is 12.0. The molecule has 0 aliphatic heterocycles. The van der Waals surface area contributed by atoms with Crippen molar-refractivity contribution in [3.8, 4) is 11.5 Å². The summed E-state index contributed by atoms with van der Waals surface area (Å²) < 4.78 is 11.0. The van der Waals surface area contributed by atoms with Gasteiger partial charge in [-0.05, 0) is 33.6 Å². The molecule has 0 heterocycles. The Hall–Kier alpha value is -1.00. The van der Waals surface area contributed by atoms with E-state index in [0.29, 0.717) is 17.1 Å². The summed E-state index contributed by atoms with van der Waals surface area (Å²) in [6.07, 6.45) is 0.725. The van der Waals surface area contributed by atoms with Crippen LogP contribution >= 0.6 is 15.9 Å². The highest BCUT2D eigenvalue weighted by molar-refractivity contribution is 9.10. The zero-order chi connectivity index (χ0) is 11.4. The van der Waals surface area contributed by atoms with Crippen molar-refractivity contribution in [1.82, 2.24) is 0 Å². The first-order chi connectivity index (χ1) is 7.13. The van der Waals surface area contributed by atoms with Gasteiger partial charge in [-0.25, -0.2) is 0 Å². The molecule has 0 saturated carbocycles. The number of benzene rings is 1. The van der Waals surface area contributed by atoms with Gasteiger partial charge >= 0.3 is 0 Å². The third-order valence-corrected chi connectivity index (χ3v) is 2.81. The first-order valence-corrected chi connectivity index (χ1v) is 5.15. The summed E-state index contributed by atoms with van der Waals surface area (Å²) in [5.74, 6) is 1.23. The molecule has 0 fully saturated rings. The summed E-state index contributed by atoms with van der Waals surface area (Å²) in [5.41, 5.74) is 0.682. The van der Waals surface area contributed by atoms with E-state index in [1.54, 1.807) is 26.4 Å². The molecule has 0 bridgehead atoms. The molecule has 0 aliphatic carbocycles. The highest BCUT2D eigenvalue weighted by atomic mass is 79.9. The minimum Gasteiger partial charge on any atom is -0.495 e. The summed E-state index contributed by atoms with van der Waals surface area (Å²) in [4.78, 5) is 0. The van der Waals surface area contributed by atoms with Crippen LogP contribution in [-0.2, 0) is 0 Å². The first-order valence-electron chi connectivity index (χ1n) is 4.36. The Morgan fingerprint density at radius 1 is 1.33 bits per heavy atom. The summed E-state index contributed by atoms with van der Waals surface area (Å²) >= 11 is 3.35. The molecule has 1 unspecified atom stereocenters. The Labute approximate surface area is 97.5 Å². The van der Waals surface area contributed by atoms with Crippen LogP contribution in [0.2, 0.25) is 0 Å². The van der Waals surface area contributed by atoms with E-state index in [-0.39, 0.29) is 0 Å². The fourth-order valence-corrected chi connectivity index (χ4v) is 1.75. The lowest BCUT2D eigenvalue weighted by molar-refractivity contribution is 0.227. The first kappa shape index (κ1) is 12.1. The van der Waals surface area contributed by atoms with Crippen LogP contribution in [-0.4, -0.2) is 19.3 Å². The molecule has 0 amide bonds. The molecule has 15 heavy (non-hydrogen) atoms. The maximum atomic E-state index is 9.62.